The lowest BCUT2D eigenvalue weighted by atomic mass is 10.2. The molecule has 1 aliphatic heterocycles. The fraction of sp³-hybridized carbons (Fsp3) is 0.600. The molecule has 0 saturated carbocycles. The molecule has 0 spiro atoms. The molecule has 1 fully saturated rings. The number of amides is 2. The molecule has 1 aromatic heterocycles. The number of furan rings is 1. The van der Waals surface area contributed by atoms with Crippen molar-refractivity contribution in [1.82, 2.24) is 10.2 Å². The highest BCUT2D eigenvalue weighted by Gasteiger charge is 2.36. The molecule has 0 unspecified atom stereocenters. The Balaban J connectivity index is 1.91. The third-order valence-electron chi connectivity index (χ3n) is 3.58. The van der Waals surface area contributed by atoms with E-state index in [-0.39, 0.29) is 11.8 Å². The van der Waals surface area contributed by atoms with E-state index in [9.17, 15) is 9.59 Å². The quantitative estimate of drug-likeness (QED) is 0.768. The van der Waals surface area contributed by atoms with Crippen LogP contribution in [0.4, 0.5) is 0 Å². The van der Waals surface area contributed by atoms with Gasteiger partial charge in [0.25, 0.3) is 0 Å². The lowest BCUT2D eigenvalue weighted by Crippen LogP contribution is -2.44. The molecule has 1 N–H and O–H groups in total. The van der Waals surface area contributed by atoms with Gasteiger partial charge in [0.05, 0.1) is 6.54 Å². The summed E-state index contributed by atoms with van der Waals surface area (Å²) >= 11 is 0. The summed E-state index contributed by atoms with van der Waals surface area (Å²) in [4.78, 5) is 25.7. The van der Waals surface area contributed by atoms with Crippen LogP contribution in [-0.2, 0) is 20.9 Å². The van der Waals surface area contributed by atoms with Crippen LogP contribution in [0, 0.1) is 6.92 Å². The summed E-state index contributed by atoms with van der Waals surface area (Å²) in [7, 11) is 1.63. The Bertz CT molecular complexity index is 498. The number of hydrogen-bond donors (Lipinski definition) is 1. The van der Waals surface area contributed by atoms with E-state index in [1.807, 2.05) is 19.1 Å². The Morgan fingerprint density at radius 3 is 3.00 bits per heavy atom. The Morgan fingerprint density at radius 2 is 2.33 bits per heavy atom. The van der Waals surface area contributed by atoms with Gasteiger partial charge in [-0.3, -0.25) is 9.59 Å². The third kappa shape index (κ3) is 4.07. The van der Waals surface area contributed by atoms with E-state index in [2.05, 4.69) is 5.32 Å². The Kier molecular flexibility index (Phi) is 5.38. The molecule has 0 radical (unpaired) electrons. The van der Waals surface area contributed by atoms with Gasteiger partial charge >= 0.3 is 0 Å². The third-order valence-corrected chi connectivity index (χ3v) is 3.58. The number of carbonyl (C=O) groups is 2. The monoisotopic (exact) mass is 294 g/mol. The second kappa shape index (κ2) is 7.26. The van der Waals surface area contributed by atoms with Crippen molar-refractivity contribution in [1.29, 1.82) is 0 Å². The van der Waals surface area contributed by atoms with Gasteiger partial charge in [-0.15, -0.1) is 0 Å². The van der Waals surface area contributed by atoms with Gasteiger partial charge in [-0.2, -0.15) is 0 Å². The van der Waals surface area contributed by atoms with Crippen molar-refractivity contribution in [2.45, 2.75) is 38.8 Å². The van der Waals surface area contributed by atoms with Gasteiger partial charge in [0.1, 0.15) is 17.6 Å². The molecule has 6 nitrogen and oxygen atoms in total. The molecular formula is C15H22N2O4. The van der Waals surface area contributed by atoms with Crippen LogP contribution >= 0.6 is 0 Å². The summed E-state index contributed by atoms with van der Waals surface area (Å²) in [6.45, 7) is 3.38. The van der Waals surface area contributed by atoms with Crippen LogP contribution in [0.2, 0.25) is 0 Å². The lowest BCUT2D eigenvalue weighted by Gasteiger charge is -2.23. The number of rotatable bonds is 7. The van der Waals surface area contributed by atoms with E-state index in [1.54, 1.807) is 12.0 Å². The molecule has 21 heavy (non-hydrogen) atoms. The van der Waals surface area contributed by atoms with Crippen molar-refractivity contribution in [2.75, 3.05) is 20.3 Å². The first-order valence-corrected chi connectivity index (χ1v) is 7.23. The minimum Gasteiger partial charge on any atom is -0.464 e. The molecule has 2 rings (SSSR count). The number of carbonyl (C=O) groups excluding carboxylic acids is 2. The van der Waals surface area contributed by atoms with Crippen molar-refractivity contribution in [3.05, 3.63) is 23.7 Å². The van der Waals surface area contributed by atoms with Gasteiger partial charge < -0.3 is 19.4 Å². The largest absolute Gasteiger partial charge is 0.464 e. The second-order valence-electron chi connectivity index (χ2n) is 5.23. The van der Waals surface area contributed by atoms with Crippen LogP contribution in [0.3, 0.4) is 0 Å². The highest BCUT2D eigenvalue weighted by molar-refractivity contribution is 5.90. The normalized spacial score (nSPS) is 18.3. The zero-order valence-corrected chi connectivity index (χ0v) is 12.6. The maximum atomic E-state index is 12.2. The van der Waals surface area contributed by atoms with E-state index in [0.717, 1.165) is 12.2 Å². The maximum Gasteiger partial charge on any atom is 0.242 e. The topological polar surface area (TPSA) is 71.8 Å². The fourth-order valence-electron chi connectivity index (χ4n) is 2.49. The molecule has 1 saturated heterocycles. The van der Waals surface area contributed by atoms with E-state index < -0.39 is 6.04 Å². The van der Waals surface area contributed by atoms with Gasteiger partial charge in [0.15, 0.2) is 0 Å². The molecule has 2 heterocycles. The summed E-state index contributed by atoms with van der Waals surface area (Å²) in [5.41, 5.74) is 0. The molecule has 1 aliphatic rings. The van der Waals surface area contributed by atoms with Gasteiger partial charge in [0.2, 0.25) is 11.8 Å². The summed E-state index contributed by atoms with van der Waals surface area (Å²) < 4.78 is 10.4. The van der Waals surface area contributed by atoms with Crippen molar-refractivity contribution >= 4 is 11.8 Å². The van der Waals surface area contributed by atoms with Crippen LogP contribution in [0.25, 0.3) is 0 Å². The molecular weight excluding hydrogens is 272 g/mol. The van der Waals surface area contributed by atoms with Crippen LogP contribution < -0.4 is 5.32 Å². The molecule has 0 bridgehead atoms. The van der Waals surface area contributed by atoms with E-state index >= 15 is 0 Å². The predicted octanol–water partition coefficient (Wildman–Crippen LogP) is 1.23. The van der Waals surface area contributed by atoms with Crippen molar-refractivity contribution in [3.63, 3.8) is 0 Å². The highest BCUT2D eigenvalue weighted by atomic mass is 16.5. The first-order valence-electron chi connectivity index (χ1n) is 7.23. The Hall–Kier alpha value is -1.82. The molecule has 0 aromatic carbocycles. The number of likely N-dealkylation sites (tertiary alicyclic amines) is 1. The first kappa shape index (κ1) is 15.6. The predicted molar refractivity (Wildman–Crippen MR) is 76.5 cm³/mol. The molecule has 116 valence electrons. The minimum atomic E-state index is -0.398. The van der Waals surface area contributed by atoms with Gasteiger partial charge in [-0.05, 0) is 31.9 Å². The van der Waals surface area contributed by atoms with Crippen LogP contribution in [0.1, 0.15) is 30.8 Å². The number of methoxy groups -OCH3 is 1. The number of aryl methyl sites for hydroxylation is 1. The average Bonchev–Trinajstić information content (AvgIpc) is 3.02. The minimum absolute atomic E-state index is 0.00101. The van der Waals surface area contributed by atoms with E-state index in [0.29, 0.717) is 38.3 Å². The average molecular weight is 294 g/mol. The van der Waals surface area contributed by atoms with Gasteiger partial charge in [0, 0.05) is 26.7 Å². The molecule has 1 atom stereocenters. The van der Waals surface area contributed by atoms with Crippen molar-refractivity contribution in [2.24, 2.45) is 0 Å². The number of nitrogens with one attached hydrogen (secondary N) is 1. The number of ether oxygens (including phenoxy) is 1. The molecule has 0 aliphatic carbocycles. The van der Waals surface area contributed by atoms with Crippen molar-refractivity contribution in [3.8, 4) is 0 Å². The fourth-order valence-corrected chi connectivity index (χ4v) is 2.49. The zero-order valence-electron chi connectivity index (χ0n) is 12.6. The number of nitrogens with zero attached hydrogens (tertiary/aromatic N) is 1. The van der Waals surface area contributed by atoms with Crippen molar-refractivity contribution < 1.29 is 18.7 Å². The Labute approximate surface area is 124 Å². The highest BCUT2D eigenvalue weighted by Crippen LogP contribution is 2.22. The molecule has 6 heteroatoms. The SMILES string of the molecule is COCCCNC(=O)[C@@H]1CCC(=O)N1Cc1ccc(C)o1. The standard InChI is InChI=1S/C15H22N2O4/c1-11-4-5-12(21-11)10-17-13(6-7-14(17)18)15(19)16-8-3-9-20-2/h4-5,13H,3,6-10H2,1-2H3,(H,16,19)/t13-/m0/s1. The lowest BCUT2D eigenvalue weighted by molar-refractivity contribution is -0.136. The van der Waals surface area contributed by atoms with Crippen LogP contribution in [0.15, 0.2) is 16.5 Å². The summed E-state index contributed by atoms with van der Waals surface area (Å²) in [5.74, 6) is 1.42. The van der Waals surface area contributed by atoms with Gasteiger partial charge in [-0.25, -0.2) is 0 Å². The van der Waals surface area contributed by atoms with Crippen LogP contribution in [0.5, 0.6) is 0 Å². The Morgan fingerprint density at radius 1 is 1.52 bits per heavy atom. The zero-order chi connectivity index (χ0) is 15.2. The van der Waals surface area contributed by atoms with E-state index in [1.165, 1.54) is 0 Å². The van der Waals surface area contributed by atoms with Gasteiger partial charge in [-0.1, -0.05) is 0 Å². The summed E-state index contributed by atoms with van der Waals surface area (Å²) in [6, 6.07) is 3.30. The van der Waals surface area contributed by atoms with Crippen LogP contribution in [-0.4, -0.2) is 43.0 Å². The molecule has 2 amide bonds. The molecule has 1 aromatic rings. The van der Waals surface area contributed by atoms with E-state index in [4.69, 9.17) is 9.15 Å². The number of hydrogen-bond acceptors (Lipinski definition) is 4. The maximum absolute atomic E-state index is 12.2. The summed E-state index contributed by atoms with van der Waals surface area (Å²) in [6.07, 6.45) is 1.74. The second-order valence-corrected chi connectivity index (χ2v) is 5.23. The summed E-state index contributed by atoms with van der Waals surface area (Å²) in [5, 5.41) is 2.86. The first-order chi connectivity index (χ1) is 10.1. The smallest absolute Gasteiger partial charge is 0.242 e.